The number of carbonyl (C=O) groups is 2. The quantitative estimate of drug-likeness (QED) is 0.930. The first-order valence-corrected chi connectivity index (χ1v) is 7.78. The van der Waals surface area contributed by atoms with Gasteiger partial charge in [-0.05, 0) is 49.4 Å². The lowest BCUT2D eigenvalue weighted by Crippen LogP contribution is -2.50. The Morgan fingerprint density at radius 2 is 1.95 bits per heavy atom. The number of carboxylic acids is 1. The normalized spacial score (nSPS) is 25.0. The van der Waals surface area contributed by atoms with Crippen molar-refractivity contribution in [2.45, 2.75) is 32.1 Å². The van der Waals surface area contributed by atoms with Crippen molar-refractivity contribution in [1.82, 2.24) is 4.90 Å². The van der Waals surface area contributed by atoms with Gasteiger partial charge in [-0.1, -0.05) is 12.8 Å². The molecule has 118 valence electrons. The molecule has 1 unspecified atom stereocenters. The van der Waals surface area contributed by atoms with E-state index in [0.29, 0.717) is 37.3 Å². The number of hydrogen-bond donors (Lipinski definition) is 1. The van der Waals surface area contributed by atoms with Crippen LogP contribution in [0.4, 0.5) is 4.39 Å². The zero-order chi connectivity index (χ0) is 15.7. The summed E-state index contributed by atoms with van der Waals surface area (Å²) in [6, 6.07) is 5.42. The number of amides is 1. The second-order valence-corrected chi connectivity index (χ2v) is 6.57. The third-order valence-electron chi connectivity index (χ3n) is 4.79. The maximum atomic E-state index is 13.0. The van der Waals surface area contributed by atoms with Gasteiger partial charge in [-0.3, -0.25) is 9.59 Å². The second-order valence-electron chi connectivity index (χ2n) is 6.57. The van der Waals surface area contributed by atoms with Crippen LogP contribution >= 0.6 is 0 Å². The Morgan fingerprint density at radius 1 is 1.27 bits per heavy atom. The molecule has 1 aliphatic carbocycles. The highest BCUT2D eigenvalue weighted by Gasteiger charge is 2.46. The molecule has 1 aromatic rings. The van der Waals surface area contributed by atoms with Crippen LogP contribution in [0.5, 0.6) is 0 Å². The molecule has 1 saturated carbocycles. The number of halogens is 1. The van der Waals surface area contributed by atoms with Crippen LogP contribution in [0.2, 0.25) is 0 Å². The standard InChI is InChI=1S/C17H20FNO3/c18-14-6-4-13(5-7-14)15(20)19-9-1-8-17(11-19,16(21)22)10-12-2-3-12/h4-7,12H,1-3,8-11H2,(H,21,22). The zero-order valence-corrected chi connectivity index (χ0v) is 12.4. The van der Waals surface area contributed by atoms with Gasteiger partial charge < -0.3 is 10.0 Å². The number of likely N-dealkylation sites (tertiary alicyclic amines) is 1. The first kappa shape index (κ1) is 15.0. The van der Waals surface area contributed by atoms with Gasteiger partial charge in [-0.15, -0.1) is 0 Å². The van der Waals surface area contributed by atoms with E-state index in [-0.39, 0.29) is 18.3 Å². The summed E-state index contributed by atoms with van der Waals surface area (Å²) in [6.07, 6.45) is 4.19. The molecular formula is C17H20FNO3. The number of carboxylic acid groups (broad SMARTS) is 1. The number of piperidine rings is 1. The van der Waals surface area contributed by atoms with E-state index < -0.39 is 11.4 Å². The lowest BCUT2D eigenvalue weighted by atomic mass is 9.75. The SMILES string of the molecule is O=C(c1ccc(F)cc1)N1CCCC(CC2CC2)(C(=O)O)C1. The van der Waals surface area contributed by atoms with Gasteiger partial charge in [0.05, 0.1) is 5.41 Å². The second kappa shape index (κ2) is 5.71. The van der Waals surface area contributed by atoms with E-state index >= 15 is 0 Å². The molecule has 22 heavy (non-hydrogen) atoms. The average molecular weight is 305 g/mol. The Hall–Kier alpha value is -1.91. The summed E-state index contributed by atoms with van der Waals surface area (Å²) in [7, 11) is 0. The molecule has 1 heterocycles. The van der Waals surface area contributed by atoms with Gasteiger partial charge in [0.1, 0.15) is 5.82 Å². The summed E-state index contributed by atoms with van der Waals surface area (Å²) in [5, 5.41) is 9.68. The van der Waals surface area contributed by atoms with Crippen LogP contribution in [0.3, 0.4) is 0 Å². The van der Waals surface area contributed by atoms with E-state index in [1.807, 2.05) is 0 Å². The lowest BCUT2D eigenvalue weighted by Gasteiger charge is -2.40. The van der Waals surface area contributed by atoms with Crippen molar-refractivity contribution in [2.75, 3.05) is 13.1 Å². The van der Waals surface area contributed by atoms with Gasteiger partial charge in [-0.2, -0.15) is 0 Å². The van der Waals surface area contributed by atoms with E-state index in [4.69, 9.17) is 0 Å². The van der Waals surface area contributed by atoms with Gasteiger partial charge in [0.2, 0.25) is 0 Å². The molecule has 1 atom stereocenters. The Balaban J connectivity index is 1.77. The summed E-state index contributed by atoms with van der Waals surface area (Å²) >= 11 is 0. The minimum absolute atomic E-state index is 0.207. The highest BCUT2D eigenvalue weighted by atomic mass is 19.1. The van der Waals surface area contributed by atoms with Crippen molar-refractivity contribution < 1.29 is 19.1 Å². The van der Waals surface area contributed by atoms with Crippen LogP contribution in [0, 0.1) is 17.2 Å². The van der Waals surface area contributed by atoms with Gasteiger partial charge in [0.15, 0.2) is 0 Å². The van der Waals surface area contributed by atoms with Crippen LogP contribution in [0.1, 0.15) is 42.5 Å². The number of carbonyl (C=O) groups excluding carboxylic acids is 1. The molecule has 1 aromatic carbocycles. The number of benzene rings is 1. The molecule has 0 spiro atoms. The summed E-state index contributed by atoms with van der Waals surface area (Å²) in [5.41, 5.74) is -0.399. The Labute approximate surface area is 128 Å². The molecule has 1 N–H and O–H groups in total. The predicted molar refractivity (Wildman–Crippen MR) is 78.9 cm³/mol. The molecule has 5 heteroatoms. The molecule has 4 nitrogen and oxygen atoms in total. The van der Waals surface area contributed by atoms with E-state index in [1.165, 1.54) is 24.3 Å². The minimum atomic E-state index is -0.810. The smallest absolute Gasteiger partial charge is 0.311 e. The lowest BCUT2D eigenvalue weighted by molar-refractivity contribution is -0.152. The van der Waals surface area contributed by atoms with Crippen molar-refractivity contribution in [3.8, 4) is 0 Å². The van der Waals surface area contributed by atoms with Gasteiger partial charge in [0.25, 0.3) is 5.91 Å². The predicted octanol–water partition coefficient (Wildman–Crippen LogP) is 2.93. The van der Waals surface area contributed by atoms with Crippen molar-refractivity contribution >= 4 is 11.9 Å². The van der Waals surface area contributed by atoms with Crippen molar-refractivity contribution in [1.29, 1.82) is 0 Å². The third kappa shape index (κ3) is 2.98. The molecule has 1 saturated heterocycles. The topological polar surface area (TPSA) is 57.6 Å². The maximum Gasteiger partial charge on any atom is 0.311 e. The highest BCUT2D eigenvalue weighted by Crippen LogP contribution is 2.45. The largest absolute Gasteiger partial charge is 0.481 e. The number of aliphatic carboxylic acids is 1. The first-order chi connectivity index (χ1) is 10.5. The van der Waals surface area contributed by atoms with E-state index in [2.05, 4.69) is 0 Å². The summed E-state index contributed by atoms with van der Waals surface area (Å²) in [6.45, 7) is 0.824. The van der Waals surface area contributed by atoms with Crippen LogP contribution in [-0.4, -0.2) is 35.0 Å². The Kier molecular flexibility index (Phi) is 3.89. The fourth-order valence-electron chi connectivity index (χ4n) is 3.38. The average Bonchev–Trinajstić information content (AvgIpc) is 3.31. The van der Waals surface area contributed by atoms with E-state index in [0.717, 1.165) is 12.8 Å². The van der Waals surface area contributed by atoms with Gasteiger partial charge in [-0.25, -0.2) is 4.39 Å². The summed E-state index contributed by atoms with van der Waals surface area (Å²) in [4.78, 5) is 26.0. The molecular weight excluding hydrogens is 285 g/mol. The van der Waals surface area contributed by atoms with Crippen molar-refractivity contribution in [3.05, 3.63) is 35.6 Å². The first-order valence-electron chi connectivity index (χ1n) is 7.78. The third-order valence-corrected chi connectivity index (χ3v) is 4.79. The van der Waals surface area contributed by atoms with Gasteiger partial charge >= 0.3 is 5.97 Å². The molecule has 1 aliphatic heterocycles. The minimum Gasteiger partial charge on any atom is -0.481 e. The number of nitrogens with zero attached hydrogens (tertiary/aromatic N) is 1. The Bertz CT molecular complexity index is 582. The van der Waals surface area contributed by atoms with Crippen LogP contribution in [-0.2, 0) is 4.79 Å². The Morgan fingerprint density at radius 3 is 2.55 bits per heavy atom. The highest BCUT2D eigenvalue weighted by molar-refractivity contribution is 5.94. The van der Waals surface area contributed by atoms with Crippen LogP contribution in [0.25, 0.3) is 0 Å². The molecule has 3 rings (SSSR count). The fraction of sp³-hybridized carbons (Fsp3) is 0.529. The van der Waals surface area contributed by atoms with E-state index in [9.17, 15) is 19.1 Å². The summed E-state index contributed by atoms with van der Waals surface area (Å²) < 4.78 is 13.0. The molecule has 0 aromatic heterocycles. The molecule has 1 amide bonds. The fourth-order valence-corrected chi connectivity index (χ4v) is 3.38. The summed E-state index contributed by atoms with van der Waals surface area (Å²) in [5.74, 6) is -0.891. The zero-order valence-electron chi connectivity index (χ0n) is 12.4. The molecule has 0 bridgehead atoms. The molecule has 2 aliphatic rings. The molecule has 2 fully saturated rings. The van der Waals surface area contributed by atoms with Crippen LogP contribution < -0.4 is 0 Å². The van der Waals surface area contributed by atoms with Crippen molar-refractivity contribution in [3.63, 3.8) is 0 Å². The van der Waals surface area contributed by atoms with E-state index in [1.54, 1.807) is 4.90 Å². The van der Waals surface area contributed by atoms with Crippen molar-refractivity contribution in [2.24, 2.45) is 11.3 Å². The number of hydrogen-bond acceptors (Lipinski definition) is 2. The molecule has 0 radical (unpaired) electrons. The number of rotatable bonds is 4. The monoisotopic (exact) mass is 305 g/mol. The maximum absolute atomic E-state index is 13.0. The van der Waals surface area contributed by atoms with Crippen LogP contribution in [0.15, 0.2) is 24.3 Å². The van der Waals surface area contributed by atoms with Gasteiger partial charge in [0, 0.05) is 18.7 Å².